The van der Waals surface area contributed by atoms with Crippen molar-refractivity contribution in [1.82, 2.24) is 4.98 Å². The number of nitrogens with zero attached hydrogens (tertiary/aromatic N) is 1. The lowest BCUT2D eigenvalue weighted by molar-refractivity contribution is 0.110. The van der Waals surface area contributed by atoms with Gasteiger partial charge in [-0.25, -0.2) is 4.39 Å². The first-order chi connectivity index (χ1) is 16.6. The largest absolute Gasteiger partial charge is 0.487 e. The molecule has 0 aliphatic heterocycles. The van der Waals surface area contributed by atoms with Gasteiger partial charge < -0.3 is 14.5 Å². The van der Waals surface area contributed by atoms with Gasteiger partial charge in [0.05, 0.1) is 10.5 Å². The topological polar surface area (TPSA) is 64.4 Å². The van der Waals surface area contributed by atoms with Gasteiger partial charge in [-0.3, -0.25) is 9.78 Å². The number of ether oxygens (including phenoxy) is 1. The van der Waals surface area contributed by atoms with E-state index in [1.807, 2.05) is 30.3 Å². The summed E-state index contributed by atoms with van der Waals surface area (Å²) in [4.78, 5) is 15.4. The van der Waals surface area contributed by atoms with Gasteiger partial charge in [-0.15, -0.1) is 12.4 Å². The molecule has 0 spiro atoms. The highest BCUT2D eigenvalue weighted by Gasteiger charge is 2.10. The van der Waals surface area contributed by atoms with Crippen LogP contribution in [0.15, 0.2) is 89.5 Å². The number of fused-ring (bicyclic) bond motifs is 1. The molecule has 1 N–H and O–H groups in total. The van der Waals surface area contributed by atoms with E-state index < -0.39 is 0 Å². The van der Waals surface area contributed by atoms with Gasteiger partial charge in [0.25, 0.3) is 0 Å². The molecule has 3 aromatic carbocycles. The van der Waals surface area contributed by atoms with Gasteiger partial charge in [0, 0.05) is 28.5 Å². The quantitative estimate of drug-likeness (QED) is 0.227. The van der Waals surface area contributed by atoms with Crippen molar-refractivity contribution in [3.05, 3.63) is 107 Å². The zero-order valence-corrected chi connectivity index (χ0v) is 19.8. The maximum Gasteiger partial charge on any atom is 0.185 e. The highest BCUT2D eigenvalue weighted by molar-refractivity contribution is 6.32. The fourth-order valence-corrected chi connectivity index (χ4v) is 3.85. The summed E-state index contributed by atoms with van der Waals surface area (Å²) in [6.45, 7) is 0.209. The second-order valence-electron chi connectivity index (χ2n) is 7.60. The molecule has 8 heteroatoms. The van der Waals surface area contributed by atoms with E-state index in [0.29, 0.717) is 28.4 Å². The third kappa shape index (κ3) is 5.45. The van der Waals surface area contributed by atoms with Crippen LogP contribution in [0.1, 0.15) is 16.1 Å². The predicted molar refractivity (Wildman–Crippen MR) is 138 cm³/mol. The number of benzene rings is 3. The van der Waals surface area contributed by atoms with Crippen LogP contribution in [0.2, 0.25) is 5.02 Å². The lowest BCUT2D eigenvalue weighted by Gasteiger charge is -2.13. The van der Waals surface area contributed by atoms with Crippen molar-refractivity contribution in [1.29, 1.82) is 0 Å². The molecular weight excluding hydrogens is 490 g/mol. The SMILES string of the molecule is Cl.O=Cc1ccc(-c2ccc3nccc(Nc4ccc(OCc5cccc(F)c5)c(Cl)c4)c3c2)o1. The molecule has 5 rings (SSSR count). The third-order valence-corrected chi connectivity index (χ3v) is 5.56. The number of rotatable bonds is 7. The fraction of sp³-hybridized carbons (Fsp3) is 0.0370. The molecule has 0 bridgehead atoms. The van der Waals surface area contributed by atoms with Gasteiger partial charge in [-0.1, -0.05) is 23.7 Å². The number of carbonyl (C=O) groups excluding carboxylic acids is 1. The first kappa shape index (κ1) is 24.3. The van der Waals surface area contributed by atoms with Crippen molar-refractivity contribution >= 4 is 52.6 Å². The van der Waals surface area contributed by atoms with Gasteiger partial charge in [-0.2, -0.15) is 0 Å². The van der Waals surface area contributed by atoms with E-state index in [4.69, 9.17) is 20.8 Å². The van der Waals surface area contributed by atoms with Crippen molar-refractivity contribution in [3.8, 4) is 17.1 Å². The number of carbonyl (C=O) groups is 1. The first-order valence-corrected chi connectivity index (χ1v) is 10.8. The Labute approximate surface area is 211 Å². The molecule has 0 aliphatic rings. The Morgan fingerprint density at radius 1 is 1.03 bits per heavy atom. The lowest BCUT2D eigenvalue weighted by Crippen LogP contribution is -1.97. The number of halogens is 3. The van der Waals surface area contributed by atoms with Crippen LogP contribution in [-0.2, 0) is 6.61 Å². The summed E-state index contributed by atoms with van der Waals surface area (Å²) in [6.07, 6.45) is 2.40. The zero-order valence-electron chi connectivity index (χ0n) is 18.2. The van der Waals surface area contributed by atoms with E-state index in [1.165, 1.54) is 12.1 Å². The summed E-state index contributed by atoms with van der Waals surface area (Å²) in [7, 11) is 0. The van der Waals surface area contributed by atoms with E-state index in [9.17, 15) is 9.18 Å². The molecule has 0 saturated heterocycles. The summed E-state index contributed by atoms with van der Waals surface area (Å²) in [6, 6.07) is 22.6. The monoisotopic (exact) mass is 508 g/mol. The lowest BCUT2D eigenvalue weighted by atomic mass is 10.1. The van der Waals surface area contributed by atoms with E-state index in [-0.39, 0.29) is 30.6 Å². The van der Waals surface area contributed by atoms with E-state index in [0.717, 1.165) is 27.8 Å². The number of pyridine rings is 1. The van der Waals surface area contributed by atoms with Crippen LogP contribution in [0.25, 0.3) is 22.2 Å². The second-order valence-corrected chi connectivity index (χ2v) is 8.01. The number of hydrogen-bond acceptors (Lipinski definition) is 5. The molecule has 5 nitrogen and oxygen atoms in total. The summed E-state index contributed by atoms with van der Waals surface area (Å²) in [5.41, 5.74) is 3.95. The molecule has 0 atom stereocenters. The number of furan rings is 1. The van der Waals surface area contributed by atoms with Gasteiger partial charge in [-0.05, 0) is 72.3 Å². The summed E-state index contributed by atoms with van der Waals surface area (Å²) in [5.74, 6) is 1.06. The molecule has 0 saturated carbocycles. The Bertz CT molecular complexity index is 1500. The normalized spacial score (nSPS) is 10.6. The minimum atomic E-state index is -0.310. The van der Waals surface area contributed by atoms with Gasteiger partial charge in [0.2, 0.25) is 0 Å². The van der Waals surface area contributed by atoms with Gasteiger partial charge in [0.15, 0.2) is 12.0 Å². The molecule has 0 aliphatic carbocycles. The fourth-order valence-electron chi connectivity index (χ4n) is 3.62. The Kier molecular flexibility index (Phi) is 7.34. The van der Waals surface area contributed by atoms with Crippen molar-refractivity contribution in [2.45, 2.75) is 6.61 Å². The molecular formula is C27H19Cl2FN2O3. The molecule has 35 heavy (non-hydrogen) atoms. The number of hydrogen-bond donors (Lipinski definition) is 1. The second kappa shape index (κ2) is 10.6. The maximum atomic E-state index is 13.4. The summed E-state index contributed by atoms with van der Waals surface area (Å²) in [5, 5.41) is 4.68. The van der Waals surface area contributed by atoms with Crippen molar-refractivity contribution in [2.24, 2.45) is 0 Å². The van der Waals surface area contributed by atoms with Crippen LogP contribution in [0, 0.1) is 5.82 Å². The Morgan fingerprint density at radius 3 is 2.69 bits per heavy atom. The van der Waals surface area contributed by atoms with E-state index in [2.05, 4.69) is 10.3 Å². The van der Waals surface area contributed by atoms with Crippen LogP contribution >= 0.6 is 24.0 Å². The standard InChI is InChI=1S/C27H18ClFN2O3.ClH/c28-23-14-20(5-8-27(23)33-16-17-2-1-3-19(29)12-17)31-25-10-11-30-24-7-4-18(13-22(24)25)26-9-6-21(15-32)34-26;/h1-15H,16H2,(H,30,31);1H. The smallest absolute Gasteiger partial charge is 0.185 e. The number of anilines is 2. The minimum absolute atomic E-state index is 0. The summed E-state index contributed by atoms with van der Waals surface area (Å²) < 4.78 is 24.7. The average Bonchev–Trinajstić information content (AvgIpc) is 3.33. The Balaban J connectivity index is 0.00000289. The molecule has 0 unspecified atom stereocenters. The average molecular weight is 509 g/mol. The van der Waals surface area contributed by atoms with E-state index >= 15 is 0 Å². The maximum absolute atomic E-state index is 13.4. The van der Waals surface area contributed by atoms with Gasteiger partial charge >= 0.3 is 0 Å². The Morgan fingerprint density at radius 2 is 1.91 bits per heavy atom. The number of nitrogens with one attached hydrogen (secondary N) is 1. The van der Waals surface area contributed by atoms with Crippen LogP contribution in [0.5, 0.6) is 5.75 Å². The Hall–Kier alpha value is -3.87. The molecule has 0 radical (unpaired) electrons. The predicted octanol–water partition coefficient (Wildman–Crippen LogP) is 7.84. The van der Waals surface area contributed by atoms with Crippen LogP contribution < -0.4 is 10.1 Å². The molecule has 2 aromatic heterocycles. The first-order valence-electron chi connectivity index (χ1n) is 10.5. The number of aldehydes is 1. The molecule has 0 amide bonds. The highest BCUT2D eigenvalue weighted by Crippen LogP contribution is 2.33. The minimum Gasteiger partial charge on any atom is -0.487 e. The number of aromatic nitrogens is 1. The summed E-state index contributed by atoms with van der Waals surface area (Å²) >= 11 is 6.44. The molecule has 5 aromatic rings. The molecule has 0 fully saturated rings. The van der Waals surface area contributed by atoms with Crippen LogP contribution in [0.4, 0.5) is 15.8 Å². The van der Waals surface area contributed by atoms with Gasteiger partial charge in [0.1, 0.15) is 23.9 Å². The van der Waals surface area contributed by atoms with Crippen LogP contribution in [0.3, 0.4) is 0 Å². The third-order valence-electron chi connectivity index (χ3n) is 5.26. The zero-order chi connectivity index (χ0) is 23.5. The highest BCUT2D eigenvalue weighted by atomic mass is 35.5. The van der Waals surface area contributed by atoms with Crippen LogP contribution in [-0.4, -0.2) is 11.3 Å². The van der Waals surface area contributed by atoms with Crippen molar-refractivity contribution < 1.29 is 18.3 Å². The van der Waals surface area contributed by atoms with E-state index in [1.54, 1.807) is 42.6 Å². The van der Waals surface area contributed by atoms with Crippen molar-refractivity contribution in [3.63, 3.8) is 0 Å². The molecule has 2 heterocycles. The molecule has 176 valence electrons. The van der Waals surface area contributed by atoms with Crippen molar-refractivity contribution in [2.75, 3.05) is 5.32 Å².